The summed E-state index contributed by atoms with van der Waals surface area (Å²) in [5, 5.41) is 0.285. The number of hydrogen-bond acceptors (Lipinski definition) is 4. The minimum atomic E-state index is -3.25. The van der Waals surface area contributed by atoms with E-state index in [9.17, 15) is 17.6 Å². The molecule has 0 saturated heterocycles. The molecule has 2 aromatic rings. The van der Waals surface area contributed by atoms with Gasteiger partial charge in [-0.2, -0.15) is 0 Å². The maximum Gasteiger partial charge on any atom is 0.236 e. The molecule has 152 valence electrons. The summed E-state index contributed by atoms with van der Waals surface area (Å²) >= 11 is 6.03. The van der Waals surface area contributed by atoms with Crippen molar-refractivity contribution >= 4 is 27.3 Å². The number of benzene rings is 2. The smallest absolute Gasteiger partial charge is 0.236 e. The lowest BCUT2D eigenvalue weighted by Gasteiger charge is -2.27. The monoisotopic (exact) mass is 426 g/mol. The van der Waals surface area contributed by atoms with Crippen molar-refractivity contribution < 1.29 is 17.6 Å². The van der Waals surface area contributed by atoms with Crippen LogP contribution < -0.4 is 0 Å². The Balaban J connectivity index is 2.02. The summed E-state index contributed by atoms with van der Waals surface area (Å²) in [5.41, 5.74) is 1.18. The van der Waals surface area contributed by atoms with Gasteiger partial charge in [-0.3, -0.25) is 9.69 Å². The molecule has 0 unspecified atom stereocenters. The van der Waals surface area contributed by atoms with Crippen LogP contribution in [-0.4, -0.2) is 51.0 Å². The lowest BCUT2D eigenvalue weighted by atomic mass is 10.1. The van der Waals surface area contributed by atoms with E-state index in [0.29, 0.717) is 0 Å². The van der Waals surface area contributed by atoms with Crippen LogP contribution in [-0.2, 0) is 21.2 Å². The minimum absolute atomic E-state index is 0.0790. The number of sulfone groups is 1. The summed E-state index contributed by atoms with van der Waals surface area (Å²) in [7, 11) is 0.156. The highest BCUT2D eigenvalue weighted by Crippen LogP contribution is 2.22. The van der Waals surface area contributed by atoms with Gasteiger partial charge in [-0.1, -0.05) is 29.8 Å². The van der Waals surface area contributed by atoms with Crippen molar-refractivity contribution in [2.45, 2.75) is 24.4 Å². The van der Waals surface area contributed by atoms with Crippen LogP contribution in [0.1, 0.15) is 24.1 Å². The first-order chi connectivity index (χ1) is 13.0. The van der Waals surface area contributed by atoms with Gasteiger partial charge in [0, 0.05) is 36.5 Å². The standard InChI is InChI=1S/C20H24ClFN2O3S/c1-14(15-8-10-16(11-9-15)28(4,26)27)23(2)13-20(25)24(3)12-17-18(21)6-5-7-19(17)22/h5-11,14H,12-13H2,1-4H3/t14-/m1/s1. The predicted molar refractivity (Wildman–Crippen MR) is 108 cm³/mol. The molecule has 0 saturated carbocycles. The summed E-state index contributed by atoms with van der Waals surface area (Å²) in [6.07, 6.45) is 1.16. The number of hydrogen-bond donors (Lipinski definition) is 0. The number of carbonyl (C=O) groups is 1. The van der Waals surface area contributed by atoms with E-state index >= 15 is 0 Å². The highest BCUT2D eigenvalue weighted by Gasteiger charge is 2.19. The largest absolute Gasteiger partial charge is 0.340 e. The Labute approximate surface area is 170 Å². The van der Waals surface area contributed by atoms with Crippen molar-refractivity contribution in [2.24, 2.45) is 0 Å². The van der Waals surface area contributed by atoms with Crippen molar-refractivity contribution in [1.29, 1.82) is 0 Å². The molecule has 0 aliphatic rings. The van der Waals surface area contributed by atoms with Gasteiger partial charge in [0.15, 0.2) is 9.84 Å². The molecule has 1 atom stereocenters. The molecule has 2 rings (SSSR count). The van der Waals surface area contributed by atoms with Gasteiger partial charge in [0.25, 0.3) is 0 Å². The van der Waals surface area contributed by atoms with Gasteiger partial charge in [-0.25, -0.2) is 12.8 Å². The first-order valence-corrected chi connectivity index (χ1v) is 10.9. The average Bonchev–Trinajstić information content (AvgIpc) is 2.63. The fourth-order valence-electron chi connectivity index (χ4n) is 2.73. The van der Waals surface area contributed by atoms with Crippen molar-refractivity contribution in [3.63, 3.8) is 0 Å². The minimum Gasteiger partial charge on any atom is -0.340 e. The van der Waals surface area contributed by atoms with E-state index in [-0.39, 0.29) is 40.5 Å². The lowest BCUT2D eigenvalue weighted by molar-refractivity contribution is -0.131. The zero-order valence-corrected chi connectivity index (χ0v) is 17.9. The van der Waals surface area contributed by atoms with Crippen molar-refractivity contribution in [3.8, 4) is 0 Å². The summed E-state index contributed by atoms with van der Waals surface area (Å²) in [6, 6.07) is 10.9. The second kappa shape index (κ2) is 9.03. The van der Waals surface area contributed by atoms with Gasteiger partial charge < -0.3 is 4.90 Å². The van der Waals surface area contributed by atoms with Gasteiger partial charge in [-0.05, 0) is 43.8 Å². The van der Waals surface area contributed by atoms with Gasteiger partial charge in [0.2, 0.25) is 5.91 Å². The summed E-state index contributed by atoms with van der Waals surface area (Å²) in [5.74, 6) is -0.624. The molecule has 0 bridgehead atoms. The first-order valence-electron chi connectivity index (χ1n) is 8.67. The number of amides is 1. The van der Waals surface area contributed by atoms with Crippen LogP contribution >= 0.6 is 11.6 Å². The van der Waals surface area contributed by atoms with Crippen molar-refractivity contribution in [3.05, 3.63) is 64.4 Å². The van der Waals surface area contributed by atoms with Crippen LogP contribution in [0.5, 0.6) is 0 Å². The maximum atomic E-state index is 13.9. The van der Waals surface area contributed by atoms with Gasteiger partial charge in [-0.15, -0.1) is 0 Å². The second-order valence-electron chi connectivity index (χ2n) is 6.88. The number of carbonyl (C=O) groups excluding carboxylic acids is 1. The molecule has 0 aromatic heterocycles. The van der Waals surface area contributed by atoms with E-state index in [0.717, 1.165) is 11.8 Å². The van der Waals surface area contributed by atoms with Crippen LogP contribution in [0.3, 0.4) is 0 Å². The first kappa shape index (κ1) is 22.3. The molecule has 0 fully saturated rings. The zero-order valence-electron chi connectivity index (χ0n) is 16.3. The molecule has 2 aromatic carbocycles. The van der Waals surface area contributed by atoms with Gasteiger partial charge in [0.05, 0.1) is 11.4 Å². The van der Waals surface area contributed by atoms with E-state index in [1.54, 1.807) is 44.4 Å². The van der Waals surface area contributed by atoms with E-state index in [1.165, 1.54) is 17.0 Å². The van der Waals surface area contributed by atoms with Crippen molar-refractivity contribution in [2.75, 3.05) is 26.9 Å². The molecular weight excluding hydrogens is 403 g/mol. The molecule has 0 heterocycles. The van der Waals surface area contributed by atoms with E-state index in [1.807, 2.05) is 11.8 Å². The summed E-state index contributed by atoms with van der Waals surface area (Å²) in [4.78, 5) is 16.1. The summed E-state index contributed by atoms with van der Waals surface area (Å²) < 4.78 is 37.1. The Hall–Kier alpha value is -1.96. The van der Waals surface area contributed by atoms with Crippen LogP contribution in [0, 0.1) is 5.82 Å². The van der Waals surface area contributed by atoms with Crippen LogP contribution in [0.25, 0.3) is 0 Å². The summed E-state index contributed by atoms with van der Waals surface area (Å²) in [6.45, 7) is 2.13. The Bertz CT molecular complexity index is 928. The van der Waals surface area contributed by atoms with Gasteiger partial charge >= 0.3 is 0 Å². The van der Waals surface area contributed by atoms with Crippen LogP contribution in [0.2, 0.25) is 5.02 Å². The highest BCUT2D eigenvalue weighted by atomic mass is 35.5. The number of likely N-dealkylation sites (N-methyl/N-ethyl adjacent to an activating group) is 2. The van der Waals surface area contributed by atoms with E-state index in [4.69, 9.17) is 11.6 Å². The average molecular weight is 427 g/mol. The third-order valence-electron chi connectivity index (χ3n) is 4.72. The fraction of sp³-hybridized carbons (Fsp3) is 0.350. The third kappa shape index (κ3) is 5.53. The molecule has 0 aliphatic heterocycles. The SMILES string of the molecule is C[C@H](c1ccc(S(C)(=O)=O)cc1)N(C)CC(=O)N(C)Cc1c(F)cccc1Cl. The van der Waals surface area contributed by atoms with Gasteiger partial charge in [0.1, 0.15) is 5.82 Å². The zero-order chi connectivity index (χ0) is 21.1. The van der Waals surface area contributed by atoms with E-state index in [2.05, 4.69) is 0 Å². The van der Waals surface area contributed by atoms with Crippen LogP contribution in [0.15, 0.2) is 47.4 Å². The molecule has 5 nitrogen and oxygen atoms in total. The molecule has 0 N–H and O–H groups in total. The number of nitrogens with zero attached hydrogens (tertiary/aromatic N) is 2. The fourth-order valence-corrected chi connectivity index (χ4v) is 3.58. The van der Waals surface area contributed by atoms with E-state index < -0.39 is 15.7 Å². The topological polar surface area (TPSA) is 57.7 Å². The number of rotatable bonds is 7. The highest BCUT2D eigenvalue weighted by molar-refractivity contribution is 7.90. The lowest BCUT2D eigenvalue weighted by Crippen LogP contribution is -2.37. The second-order valence-corrected chi connectivity index (χ2v) is 9.31. The molecule has 0 radical (unpaired) electrons. The Morgan fingerprint density at radius 2 is 1.75 bits per heavy atom. The quantitative estimate of drug-likeness (QED) is 0.679. The molecular formula is C20H24ClFN2O3S. The molecule has 8 heteroatoms. The Morgan fingerprint density at radius 1 is 1.14 bits per heavy atom. The Morgan fingerprint density at radius 3 is 2.29 bits per heavy atom. The normalized spacial score (nSPS) is 12.8. The number of halogens is 2. The predicted octanol–water partition coefficient (Wildman–Crippen LogP) is 3.53. The van der Waals surface area contributed by atoms with Crippen LogP contribution in [0.4, 0.5) is 4.39 Å². The molecule has 28 heavy (non-hydrogen) atoms. The maximum absolute atomic E-state index is 13.9. The van der Waals surface area contributed by atoms with Crippen molar-refractivity contribution in [1.82, 2.24) is 9.80 Å². The molecule has 1 amide bonds. The third-order valence-corrected chi connectivity index (χ3v) is 6.20. The molecule has 0 spiro atoms. The molecule has 0 aliphatic carbocycles. The Kier molecular flexibility index (Phi) is 7.20.